The van der Waals surface area contributed by atoms with Crippen LogP contribution in [0.4, 0.5) is 0 Å². The highest BCUT2D eigenvalue weighted by atomic mass is 28.4. The number of hydrogen-bond acceptors (Lipinski definition) is 3. The van der Waals surface area contributed by atoms with E-state index in [1.165, 1.54) is 32.1 Å². The summed E-state index contributed by atoms with van der Waals surface area (Å²) in [5, 5.41) is 9.67. The van der Waals surface area contributed by atoms with Crippen LogP contribution < -0.4 is 0 Å². The molecule has 2 unspecified atom stereocenters. The molecule has 0 aromatic heterocycles. The minimum atomic E-state index is -1.92. The van der Waals surface area contributed by atoms with Gasteiger partial charge in [-0.15, -0.1) is 0 Å². The van der Waals surface area contributed by atoms with Gasteiger partial charge in [0.15, 0.2) is 16.6 Å². The first-order chi connectivity index (χ1) is 17.5. The molecule has 5 heteroatoms. The van der Waals surface area contributed by atoms with Crippen LogP contribution in [0.1, 0.15) is 99.8 Å². The number of aliphatic hydroxyl groups is 1. The van der Waals surface area contributed by atoms with Gasteiger partial charge in [-0.2, -0.15) is 0 Å². The summed E-state index contributed by atoms with van der Waals surface area (Å²) >= 11 is 0. The van der Waals surface area contributed by atoms with E-state index in [1.807, 2.05) is 0 Å². The Bertz CT molecular complexity index is 877. The molecule has 0 bridgehead atoms. The molecule has 6 atom stereocenters. The molecule has 218 valence electrons. The summed E-state index contributed by atoms with van der Waals surface area (Å²) in [7, 11) is -3.82. The molecule has 3 rings (SSSR count). The van der Waals surface area contributed by atoms with Crippen molar-refractivity contribution in [2.75, 3.05) is 6.61 Å². The molecule has 0 spiro atoms. The maximum Gasteiger partial charge on any atom is 0.193 e. The molecule has 0 aromatic carbocycles. The minimum absolute atomic E-state index is 0.0576. The highest BCUT2D eigenvalue weighted by Crippen LogP contribution is 2.57. The van der Waals surface area contributed by atoms with E-state index in [1.54, 1.807) is 5.57 Å². The van der Waals surface area contributed by atoms with Gasteiger partial charge in [-0.1, -0.05) is 84.8 Å². The van der Waals surface area contributed by atoms with Crippen molar-refractivity contribution in [3.8, 4) is 11.8 Å². The van der Waals surface area contributed by atoms with Gasteiger partial charge in [0.05, 0.1) is 6.10 Å². The fourth-order valence-electron chi connectivity index (χ4n) is 6.45. The van der Waals surface area contributed by atoms with Crippen molar-refractivity contribution in [1.82, 2.24) is 0 Å². The molecule has 0 radical (unpaired) electrons. The van der Waals surface area contributed by atoms with Crippen molar-refractivity contribution in [1.29, 1.82) is 0 Å². The molecule has 1 N–H and O–H groups in total. The summed E-state index contributed by atoms with van der Waals surface area (Å²) in [6.45, 7) is 26.3. The van der Waals surface area contributed by atoms with Crippen LogP contribution in [0.2, 0.25) is 36.3 Å². The van der Waals surface area contributed by atoms with Crippen LogP contribution in [0.5, 0.6) is 0 Å². The van der Waals surface area contributed by atoms with Crippen LogP contribution in [-0.4, -0.2) is 40.6 Å². The van der Waals surface area contributed by atoms with Crippen molar-refractivity contribution < 1.29 is 14.0 Å². The lowest BCUT2D eigenvalue weighted by molar-refractivity contribution is -0.00746. The Balaban J connectivity index is 1.94. The Morgan fingerprint density at radius 3 is 2.11 bits per heavy atom. The molecule has 0 aliphatic heterocycles. The lowest BCUT2D eigenvalue weighted by atomic mass is 9.51. The highest BCUT2D eigenvalue weighted by Gasteiger charge is 2.53. The molecule has 3 nitrogen and oxygen atoms in total. The Kier molecular flexibility index (Phi) is 10.3. The maximum absolute atomic E-state index is 9.29. The third-order valence-electron chi connectivity index (χ3n) is 11.0. The highest BCUT2D eigenvalue weighted by molar-refractivity contribution is 6.74. The summed E-state index contributed by atoms with van der Waals surface area (Å²) in [6, 6.07) is 0. The van der Waals surface area contributed by atoms with Crippen molar-refractivity contribution in [2.45, 2.75) is 148 Å². The van der Waals surface area contributed by atoms with E-state index in [4.69, 9.17) is 8.85 Å². The van der Waals surface area contributed by atoms with E-state index < -0.39 is 16.6 Å². The Morgan fingerprint density at radius 2 is 1.55 bits per heavy atom. The third-order valence-corrected chi connectivity index (χ3v) is 20.0. The van der Waals surface area contributed by atoms with E-state index in [9.17, 15) is 5.11 Å². The number of aliphatic hydroxyl groups excluding tert-OH is 1. The van der Waals surface area contributed by atoms with Crippen LogP contribution in [-0.2, 0) is 8.85 Å². The second-order valence-corrected chi connectivity index (χ2v) is 25.2. The molecular weight excluding hydrogens is 501 g/mol. The number of rotatable bonds is 8. The number of hydrogen-bond donors (Lipinski definition) is 1. The van der Waals surface area contributed by atoms with E-state index in [-0.39, 0.29) is 34.8 Å². The fourth-order valence-corrected chi connectivity index (χ4v) is 9.07. The summed E-state index contributed by atoms with van der Waals surface area (Å²) in [6.07, 6.45) is 12.0. The van der Waals surface area contributed by atoms with Gasteiger partial charge in [-0.05, 0) is 98.5 Å². The number of unbranched alkanes of at least 4 members (excludes halogenated alkanes) is 1. The van der Waals surface area contributed by atoms with E-state index in [2.05, 4.69) is 92.6 Å². The lowest BCUT2D eigenvalue weighted by Crippen LogP contribution is -2.54. The summed E-state index contributed by atoms with van der Waals surface area (Å²) in [4.78, 5) is 0. The Labute approximate surface area is 238 Å². The van der Waals surface area contributed by atoms with Gasteiger partial charge in [0, 0.05) is 12.5 Å². The van der Waals surface area contributed by atoms with Gasteiger partial charge in [-0.25, -0.2) is 0 Å². The first kappa shape index (κ1) is 32.1. The molecule has 0 saturated heterocycles. The largest absolute Gasteiger partial charge is 0.413 e. The van der Waals surface area contributed by atoms with Crippen LogP contribution in [0.3, 0.4) is 0 Å². The van der Waals surface area contributed by atoms with Gasteiger partial charge in [0.2, 0.25) is 0 Å². The zero-order chi connectivity index (χ0) is 28.5. The SMILES string of the molecule is CC1/C(=C/CCCO)[C@@H]2CC[C@H](O[Si](C)(C)C(C)(C)C)[C@H](C#CC(O[Si](C)(C)C(C)(C)C)C3CCCC3)[C@H]12. The summed E-state index contributed by atoms with van der Waals surface area (Å²) in [5.41, 5.74) is 1.62. The Morgan fingerprint density at radius 1 is 0.947 bits per heavy atom. The van der Waals surface area contributed by atoms with Crippen LogP contribution in [0.15, 0.2) is 11.6 Å². The standard InChI is InChI=1S/C33H60O3Si2/c1-24-26(18-14-15-23-34)27-19-22-30(36-38(10,11)33(5,6)7)28(31(24)27)20-21-29(25-16-12-13-17-25)35-37(8,9)32(2,3)4/h18,24-25,27-31,34H,12-17,19,22-23H2,1-11H3/b26-18-/t24?,27-,28-,29?,30-,31+/m0/s1. The molecule has 0 amide bonds. The van der Waals surface area contributed by atoms with Crippen LogP contribution >= 0.6 is 0 Å². The average Bonchev–Trinajstić information content (AvgIpc) is 3.33. The predicted molar refractivity (Wildman–Crippen MR) is 167 cm³/mol. The van der Waals surface area contributed by atoms with Crippen molar-refractivity contribution in [3.63, 3.8) is 0 Å². The zero-order valence-electron chi connectivity index (χ0n) is 26.7. The molecule has 38 heavy (non-hydrogen) atoms. The predicted octanol–water partition coefficient (Wildman–Crippen LogP) is 8.95. The van der Waals surface area contributed by atoms with E-state index in [0.29, 0.717) is 23.7 Å². The monoisotopic (exact) mass is 560 g/mol. The molecule has 3 fully saturated rings. The van der Waals surface area contributed by atoms with Crippen LogP contribution in [0.25, 0.3) is 0 Å². The first-order valence-corrected chi connectivity index (χ1v) is 21.5. The van der Waals surface area contributed by atoms with Crippen molar-refractivity contribution in [2.24, 2.45) is 29.6 Å². The second kappa shape index (κ2) is 12.2. The topological polar surface area (TPSA) is 38.7 Å². The van der Waals surface area contributed by atoms with E-state index in [0.717, 1.165) is 19.3 Å². The quantitative estimate of drug-likeness (QED) is 0.139. The molecular formula is C33H60O3Si2. The van der Waals surface area contributed by atoms with Gasteiger partial charge in [-0.3, -0.25) is 0 Å². The van der Waals surface area contributed by atoms with Gasteiger partial charge >= 0.3 is 0 Å². The zero-order valence-corrected chi connectivity index (χ0v) is 28.7. The van der Waals surface area contributed by atoms with Gasteiger partial charge in [0.1, 0.15) is 6.10 Å². The average molecular weight is 561 g/mol. The maximum atomic E-state index is 9.29. The van der Waals surface area contributed by atoms with Gasteiger partial charge < -0.3 is 14.0 Å². The molecule has 0 heterocycles. The van der Waals surface area contributed by atoms with Crippen LogP contribution in [0, 0.1) is 41.4 Å². The summed E-state index contributed by atoms with van der Waals surface area (Å²) < 4.78 is 14.2. The number of fused-ring (bicyclic) bond motifs is 1. The normalized spacial score (nSPS) is 30.9. The molecule has 3 saturated carbocycles. The molecule has 3 aliphatic rings. The van der Waals surface area contributed by atoms with E-state index >= 15 is 0 Å². The molecule has 3 aliphatic carbocycles. The second-order valence-electron chi connectivity index (χ2n) is 15.7. The third kappa shape index (κ3) is 7.08. The first-order valence-electron chi connectivity index (χ1n) is 15.7. The summed E-state index contributed by atoms with van der Waals surface area (Å²) in [5.74, 6) is 10.4. The minimum Gasteiger partial charge on any atom is -0.413 e. The van der Waals surface area contributed by atoms with Crippen molar-refractivity contribution in [3.05, 3.63) is 11.6 Å². The Hall–Kier alpha value is -0.386. The fraction of sp³-hybridized carbons (Fsp3) is 0.879. The lowest BCUT2D eigenvalue weighted by Gasteiger charge is -2.55. The van der Waals surface area contributed by atoms with Gasteiger partial charge in [0.25, 0.3) is 0 Å². The smallest absolute Gasteiger partial charge is 0.193 e. The van der Waals surface area contributed by atoms with Crippen molar-refractivity contribution >= 4 is 16.6 Å². The number of allylic oxidation sites excluding steroid dienone is 2. The molecule has 0 aromatic rings.